The maximum atomic E-state index is 12.5. The molecule has 0 aliphatic carbocycles. The van der Waals surface area contributed by atoms with E-state index in [1.165, 1.54) is 23.9 Å². The normalized spacial score (nSPS) is 10.5. The fourth-order valence-corrected chi connectivity index (χ4v) is 4.68. The first kappa shape index (κ1) is 22.4. The van der Waals surface area contributed by atoms with Gasteiger partial charge in [-0.25, -0.2) is 4.79 Å². The van der Waals surface area contributed by atoms with Crippen LogP contribution in [0, 0.1) is 0 Å². The second-order valence-corrected chi connectivity index (χ2v) is 9.03. The lowest BCUT2D eigenvalue weighted by molar-refractivity contribution is 0.0692. The number of nitrogens with one attached hydrogen (secondary N) is 1. The number of aromatic nitrogens is 2. The van der Waals surface area contributed by atoms with Crippen molar-refractivity contribution in [3.8, 4) is 11.1 Å². The number of carboxylic acid groups (broad SMARTS) is 1. The lowest BCUT2D eigenvalue weighted by Gasteiger charge is -2.04. The van der Waals surface area contributed by atoms with Crippen molar-refractivity contribution < 1.29 is 19.5 Å². The Kier molecular flexibility index (Phi) is 6.92. The average molecular weight is 476 g/mol. The van der Waals surface area contributed by atoms with Crippen molar-refractivity contribution in [3.63, 3.8) is 0 Å². The fraction of sp³-hybridized carbons (Fsp3) is 0.0417. The number of aromatic carboxylic acids is 1. The first-order valence-electron chi connectivity index (χ1n) is 9.80. The van der Waals surface area contributed by atoms with E-state index in [-0.39, 0.29) is 27.8 Å². The van der Waals surface area contributed by atoms with Crippen LogP contribution in [0.1, 0.15) is 31.1 Å². The van der Waals surface area contributed by atoms with E-state index in [4.69, 9.17) is 0 Å². The number of Topliss-reactive ketones (excluding diaryl/α,β-unsaturated/α-hetero) is 1. The van der Waals surface area contributed by atoms with Gasteiger partial charge in [0, 0.05) is 5.56 Å². The molecule has 0 aliphatic rings. The van der Waals surface area contributed by atoms with Crippen LogP contribution >= 0.6 is 23.1 Å². The van der Waals surface area contributed by atoms with E-state index in [0.717, 1.165) is 22.5 Å². The number of hydrogen-bond donors (Lipinski definition) is 2. The number of carbonyl (C=O) groups excluding carboxylic acids is 2. The Morgan fingerprint density at radius 2 is 1.45 bits per heavy atom. The predicted octanol–water partition coefficient (Wildman–Crippen LogP) is 5.13. The predicted molar refractivity (Wildman–Crippen MR) is 128 cm³/mol. The molecule has 0 bridgehead atoms. The van der Waals surface area contributed by atoms with Gasteiger partial charge in [0.25, 0.3) is 5.91 Å². The summed E-state index contributed by atoms with van der Waals surface area (Å²) < 4.78 is 0.520. The van der Waals surface area contributed by atoms with Crippen LogP contribution in [0.4, 0.5) is 5.13 Å². The Labute approximate surface area is 197 Å². The largest absolute Gasteiger partial charge is 0.478 e. The molecule has 0 saturated heterocycles. The lowest BCUT2D eigenvalue weighted by atomic mass is 10.0. The molecule has 4 aromatic rings. The Balaban J connectivity index is 1.35. The molecule has 1 amide bonds. The molecular formula is C24H17N3O4S2. The molecule has 33 heavy (non-hydrogen) atoms. The molecule has 2 N–H and O–H groups in total. The summed E-state index contributed by atoms with van der Waals surface area (Å²) in [5, 5.41) is 19.9. The van der Waals surface area contributed by atoms with Crippen molar-refractivity contribution in [2.45, 2.75) is 4.34 Å². The van der Waals surface area contributed by atoms with Crippen LogP contribution in [-0.4, -0.2) is 38.7 Å². The highest BCUT2D eigenvalue weighted by Crippen LogP contribution is 2.27. The van der Waals surface area contributed by atoms with Crippen LogP contribution < -0.4 is 5.32 Å². The van der Waals surface area contributed by atoms with Crippen LogP contribution in [0.3, 0.4) is 0 Å². The zero-order chi connectivity index (χ0) is 23.2. The van der Waals surface area contributed by atoms with Gasteiger partial charge in [0.05, 0.1) is 16.9 Å². The molecule has 0 saturated carbocycles. The van der Waals surface area contributed by atoms with E-state index in [2.05, 4.69) is 15.5 Å². The third kappa shape index (κ3) is 5.51. The third-order valence-corrected chi connectivity index (χ3v) is 6.64. The fourth-order valence-electron chi connectivity index (χ4n) is 3.04. The van der Waals surface area contributed by atoms with Crippen molar-refractivity contribution in [3.05, 3.63) is 95.6 Å². The average Bonchev–Trinajstić information content (AvgIpc) is 3.30. The van der Waals surface area contributed by atoms with E-state index in [1.54, 1.807) is 24.3 Å². The molecule has 0 radical (unpaired) electrons. The molecule has 0 aliphatic heterocycles. The summed E-state index contributed by atoms with van der Waals surface area (Å²) in [5.41, 5.74) is 2.65. The number of carboxylic acids is 1. The third-order valence-electron chi connectivity index (χ3n) is 4.67. The van der Waals surface area contributed by atoms with Gasteiger partial charge in [0.2, 0.25) is 5.13 Å². The first-order valence-corrected chi connectivity index (χ1v) is 11.6. The van der Waals surface area contributed by atoms with E-state index in [0.29, 0.717) is 9.90 Å². The molecule has 7 nitrogen and oxygen atoms in total. The molecule has 0 unspecified atom stereocenters. The maximum absolute atomic E-state index is 12.5. The molecule has 0 spiro atoms. The van der Waals surface area contributed by atoms with Gasteiger partial charge >= 0.3 is 5.97 Å². The van der Waals surface area contributed by atoms with Crippen LogP contribution in [0.25, 0.3) is 11.1 Å². The van der Waals surface area contributed by atoms with Gasteiger partial charge in [0.1, 0.15) is 0 Å². The summed E-state index contributed by atoms with van der Waals surface area (Å²) >= 11 is 2.34. The minimum absolute atomic E-state index is 0.0310. The summed E-state index contributed by atoms with van der Waals surface area (Å²) in [5.74, 6) is -1.65. The summed E-state index contributed by atoms with van der Waals surface area (Å²) in [6, 6.07) is 23.3. The van der Waals surface area contributed by atoms with Gasteiger partial charge < -0.3 is 5.11 Å². The Morgan fingerprint density at radius 1 is 0.818 bits per heavy atom. The number of nitrogens with zero attached hydrogens (tertiary/aromatic N) is 2. The maximum Gasteiger partial charge on any atom is 0.336 e. The van der Waals surface area contributed by atoms with Gasteiger partial charge in [-0.3, -0.25) is 14.9 Å². The molecule has 0 fully saturated rings. The molecule has 0 atom stereocenters. The number of hydrogen-bond acceptors (Lipinski definition) is 7. The number of thioether (sulfide) groups is 1. The van der Waals surface area contributed by atoms with Gasteiger partial charge in [-0.05, 0) is 23.3 Å². The van der Waals surface area contributed by atoms with Gasteiger partial charge in [-0.1, -0.05) is 89.8 Å². The highest BCUT2D eigenvalue weighted by Gasteiger charge is 2.18. The summed E-state index contributed by atoms with van der Waals surface area (Å²) in [4.78, 5) is 36.3. The SMILES string of the molecule is O=C(CSc1nnc(NC(=O)c2ccccc2C(=O)O)s1)c1ccc(-c2ccccc2)cc1. The molecule has 3 aromatic carbocycles. The summed E-state index contributed by atoms with van der Waals surface area (Å²) in [6.07, 6.45) is 0. The summed E-state index contributed by atoms with van der Waals surface area (Å²) in [7, 11) is 0. The first-order chi connectivity index (χ1) is 16.0. The smallest absolute Gasteiger partial charge is 0.336 e. The van der Waals surface area contributed by atoms with Crippen LogP contribution in [0.15, 0.2) is 83.2 Å². The number of benzene rings is 3. The van der Waals surface area contributed by atoms with Crippen molar-refractivity contribution in [2.24, 2.45) is 0 Å². The minimum atomic E-state index is -1.19. The summed E-state index contributed by atoms with van der Waals surface area (Å²) in [6.45, 7) is 0. The van der Waals surface area contributed by atoms with Crippen molar-refractivity contribution in [1.82, 2.24) is 10.2 Å². The topological polar surface area (TPSA) is 109 Å². The number of anilines is 1. The van der Waals surface area contributed by atoms with Gasteiger partial charge in [0.15, 0.2) is 10.1 Å². The standard InChI is InChI=1S/C24H17N3O4S2/c28-20(17-12-10-16(11-13-17)15-6-2-1-3-7-15)14-32-24-27-26-23(33-24)25-21(29)18-8-4-5-9-19(18)22(30)31/h1-13H,14H2,(H,30,31)(H,25,26,29). The molecule has 1 aromatic heterocycles. The van der Waals surface area contributed by atoms with E-state index >= 15 is 0 Å². The Morgan fingerprint density at radius 3 is 2.15 bits per heavy atom. The van der Waals surface area contributed by atoms with Crippen LogP contribution in [-0.2, 0) is 0 Å². The van der Waals surface area contributed by atoms with Crippen LogP contribution in [0.2, 0.25) is 0 Å². The molecule has 1 heterocycles. The van der Waals surface area contributed by atoms with Crippen LogP contribution in [0.5, 0.6) is 0 Å². The second-order valence-electron chi connectivity index (χ2n) is 6.83. The lowest BCUT2D eigenvalue weighted by Crippen LogP contribution is -2.16. The highest BCUT2D eigenvalue weighted by molar-refractivity contribution is 8.01. The number of amides is 1. The minimum Gasteiger partial charge on any atom is -0.478 e. The Hall–Kier alpha value is -3.82. The van der Waals surface area contributed by atoms with E-state index < -0.39 is 11.9 Å². The van der Waals surface area contributed by atoms with Crippen molar-refractivity contribution in [1.29, 1.82) is 0 Å². The quantitative estimate of drug-likeness (QED) is 0.206. The second kappa shape index (κ2) is 10.2. The van der Waals surface area contributed by atoms with Crippen molar-refractivity contribution >= 4 is 45.9 Å². The number of rotatable bonds is 8. The molecular weight excluding hydrogens is 458 g/mol. The molecule has 164 valence electrons. The molecule has 9 heteroatoms. The monoisotopic (exact) mass is 475 g/mol. The van der Waals surface area contributed by atoms with Gasteiger partial charge in [-0.15, -0.1) is 10.2 Å². The Bertz CT molecular complexity index is 1300. The van der Waals surface area contributed by atoms with E-state index in [9.17, 15) is 19.5 Å². The number of ketones is 1. The zero-order valence-electron chi connectivity index (χ0n) is 17.1. The van der Waals surface area contributed by atoms with Crippen molar-refractivity contribution in [2.75, 3.05) is 11.1 Å². The zero-order valence-corrected chi connectivity index (χ0v) is 18.7. The van der Waals surface area contributed by atoms with E-state index in [1.807, 2.05) is 42.5 Å². The molecule has 4 rings (SSSR count). The highest BCUT2D eigenvalue weighted by atomic mass is 32.2. The number of carbonyl (C=O) groups is 3. The van der Waals surface area contributed by atoms with Gasteiger partial charge in [-0.2, -0.15) is 0 Å².